The van der Waals surface area contributed by atoms with Gasteiger partial charge in [0.15, 0.2) is 0 Å². The van der Waals surface area contributed by atoms with Crippen LogP contribution in [0.25, 0.3) is 0 Å². The lowest BCUT2D eigenvalue weighted by molar-refractivity contribution is 0.0806. The molecule has 0 fully saturated rings. The summed E-state index contributed by atoms with van der Waals surface area (Å²) in [6.45, 7) is 4.26. The van der Waals surface area contributed by atoms with Crippen molar-refractivity contribution in [1.82, 2.24) is 0 Å². The van der Waals surface area contributed by atoms with E-state index in [1.165, 1.54) is 0 Å². The molecule has 0 radical (unpaired) electrons. The molecule has 0 aliphatic rings. The number of hydrogen-bond donors (Lipinski definition) is 1. The predicted molar refractivity (Wildman–Crippen MR) is 69.9 cm³/mol. The molecule has 4 heteroatoms. The van der Waals surface area contributed by atoms with Crippen LogP contribution in [0.4, 0.5) is 0 Å². The fourth-order valence-electron chi connectivity index (χ4n) is 1.47. The Morgan fingerprint density at radius 2 is 1.78 bits per heavy atom. The molecular formula is C14H22O4. The van der Waals surface area contributed by atoms with E-state index >= 15 is 0 Å². The summed E-state index contributed by atoms with van der Waals surface area (Å²) in [6, 6.07) is 7.43. The number of methoxy groups -OCH3 is 1. The van der Waals surface area contributed by atoms with E-state index in [9.17, 15) is 5.11 Å². The van der Waals surface area contributed by atoms with E-state index in [0.717, 1.165) is 24.3 Å². The maximum atomic E-state index is 9.36. The quantitative estimate of drug-likeness (QED) is 0.686. The van der Waals surface area contributed by atoms with Gasteiger partial charge in [0.1, 0.15) is 12.4 Å². The van der Waals surface area contributed by atoms with Crippen LogP contribution in [-0.4, -0.2) is 38.6 Å². The lowest BCUT2D eigenvalue weighted by Crippen LogP contribution is -2.08. The van der Waals surface area contributed by atoms with Crippen molar-refractivity contribution < 1.29 is 19.3 Å². The van der Waals surface area contributed by atoms with Crippen molar-refractivity contribution in [3.63, 3.8) is 0 Å². The summed E-state index contributed by atoms with van der Waals surface area (Å²) in [4.78, 5) is 0. The second kappa shape index (κ2) is 8.91. The Hall–Kier alpha value is -1.10. The van der Waals surface area contributed by atoms with Gasteiger partial charge in [0.2, 0.25) is 0 Å². The Morgan fingerprint density at radius 1 is 1.06 bits per heavy atom. The third kappa shape index (κ3) is 6.00. The fraction of sp³-hybridized carbons (Fsp3) is 0.571. The largest absolute Gasteiger partial charge is 0.491 e. The number of rotatable bonds is 9. The predicted octanol–water partition coefficient (Wildman–Crippen LogP) is 2.17. The van der Waals surface area contributed by atoms with Crippen LogP contribution in [0.3, 0.4) is 0 Å². The number of ether oxygens (including phenoxy) is 3. The highest BCUT2D eigenvalue weighted by Crippen LogP contribution is 2.16. The van der Waals surface area contributed by atoms with Crippen LogP contribution in [-0.2, 0) is 9.47 Å². The summed E-state index contributed by atoms with van der Waals surface area (Å²) < 4.78 is 15.8. The van der Waals surface area contributed by atoms with Gasteiger partial charge in [-0.05, 0) is 31.0 Å². The minimum Gasteiger partial charge on any atom is -0.491 e. The zero-order valence-electron chi connectivity index (χ0n) is 11.1. The van der Waals surface area contributed by atoms with Crippen LogP contribution in [0, 0.1) is 0 Å². The number of aliphatic hydroxyl groups is 1. The van der Waals surface area contributed by atoms with Crippen molar-refractivity contribution in [3.05, 3.63) is 29.8 Å². The maximum absolute atomic E-state index is 9.36. The second-order valence-corrected chi connectivity index (χ2v) is 4.05. The van der Waals surface area contributed by atoms with Gasteiger partial charge in [0.05, 0.1) is 12.7 Å². The first-order valence-corrected chi connectivity index (χ1v) is 6.21. The van der Waals surface area contributed by atoms with E-state index in [2.05, 4.69) is 0 Å². The van der Waals surface area contributed by atoms with E-state index in [1.807, 2.05) is 24.3 Å². The van der Waals surface area contributed by atoms with Crippen molar-refractivity contribution >= 4 is 0 Å². The summed E-state index contributed by atoms with van der Waals surface area (Å²) in [6.07, 6.45) is 0.461. The Morgan fingerprint density at radius 3 is 2.39 bits per heavy atom. The molecule has 4 nitrogen and oxygen atoms in total. The molecule has 1 N–H and O–H groups in total. The van der Waals surface area contributed by atoms with Gasteiger partial charge in [-0.1, -0.05) is 12.1 Å². The normalized spacial score (nSPS) is 12.4. The Bertz CT molecular complexity index is 308. The van der Waals surface area contributed by atoms with Crippen LogP contribution in [0.2, 0.25) is 0 Å². The van der Waals surface area contributed by atoms with Gasteiger partial charge in [0, 0.05) is 20.3 Å². The van der Waals surface area contributed by atoms with Crippen LogP contribution < -0.4 is 4.74 Å². The lowest BCUT2D eigenvalue weighted by atomic mass is 10.1. The van der Waals surface area contributed by atoms with Crippen LogP contribution in [0.1, 0.15) is 25.0 Å². The zero-order chi connectivity index (χ0) is 13.2. The third-order valence-corrected chi connectivity index (χ3v) is 2.50. The maximum Gasteiger partial charge on any atom is 0.119 e. The van der Waals surface area contributed by atoms with Crippen LogP contribution in [0.5, 0.6) is 5.75 Å². The summed E-state index contributed by atoms with van der Waals surface area (Å²) >= 11 is 0. The molecule has 0 saturated heterocycles. The molecular weight excluding hydrogens is 232 g/mol. The van der Waals surface area contributed by atoms with Gasteiger partial charge in [-0.2, -0.15) is 0 Å². The van der Waals surface area contributed by atoms with Crippen molar-refractivity contribution in [2.75, 3.05) is 33.5 Å². The minimum atomic E-state index is -0.442. The molecule has 1 aromatic rings. The van der Waals surface area contributed by atoms with Gasteiger partial charge in [0.25, 0.3) is 0 Å². The zero-order valence-corrected chi connectivity index (χ0v) is 11.1. The average molecular weight is 254 g/mol. The van der Waals surface area contributed by atoms with Crippen molar-refractivity contribution in [3.8, 4) is 5.75 Å². The highest BCUT2D eigenvalue weighted by Gasteiger charge is 2.00. The van der Waals surface area contributed by atoms with Crippen molar-refractivity contribution in [1.29, 1.82) is 0 Å². The lowest BCUT2D eigenvalue weighted by Gasteiger charge is -2.09. The van der Waals surface area contributed by atoms with Gasteiger partial charge < -0.3 is 19.3 Å². The number of aliphatic hydroxyl groups excluding tert-OH is 1. The molecule has 1 atom stereocenters. The highest BCUT2D eigenvalue weighted by molar-refractivity contribution is 5.28. The first-order chi connectivity index (χ1) is 8.74. The van der Waals surface area contributed by atoms with Gasteiger partial charge in [-0.25, -0.2) is 0 Å². The molecule has 0 unspecified atom stereocenters. The summed E-state index contributed by atoms with van der Waals surface area (Å²) in [5.41, 5.74) is 0.887. The molecule has 0 bridgehead atoms. The van der Waals surface area contributed by atoms with E-state index in [-0.39, 0.29) is 0 Å². The smallest absolute Gasteiger partial charge is 0.119 e. The minimum absolute atomic E-state index is 0.442. The SMILES string of the molecule is COCCCOCCOc1ccc([C@H](C)O)cc1. The van der Waals surface area contributed by atoms with Gasteiger partial charge in [-0.3, -0.25) is 0 Å². The molecule has 18 heavy (non-hydrogen) atoms. The second-order valence-electron chi connectivity index (χ2n) is 4.05. The molecule has 0 aliphatic carbocycles. The Labute approximate surface area is 108 Å². The summed E-state index contributed by atoms with van der Waals surface area (Å²) in [7, 11) is 1.68. The van der Waals surface area contributed by atoms with Crippen LogP contribution in [0.15, 0.2) is 24.3 Å². The molecule has 1 rings (SSSR count). The van der Waals surface area contributed by atoms with E-state index in [1.54, 1.807) is 14.0 Å². The molecule has 102 valence electrons. The third-order valence-electron chi connectivity index (χ3n) is 2.50. The number of hydrogen-bond acceptors (Lipinski definition) is 4. The molecule has 0 saturated carbocycles. The first-order valence-electron chi connectivity index (χ1n) is 6.21. The summed E-state index contributed by atoms with van der Waals surface area (Å²) in [5, 5.41) is 9.36. The fourth-order valence-corrected chi connectivity index (χ4v) is 1.47. The first kappa shape index (κ1) is 15.0. The highest BCUT2D eigenvalue weighted by atomic mass is 16.5. The molecule has 0 aliphatic heterocycles. The van der Waals surface area contributed by atoms with Crippen molar-refractivity contribution in [2.45, 2.75) is 19.4 Å². The molecule has 0 heterocycles. The van der Waals surface area contributed by atoms with Gasteiger partial charge >= 0.3 is 0 Å². The molecule has 0 spiro atoms. The number of benzene rings is 1. The topological polar surface area (TPSA) is 47.9 Å². The van der Waals surface area contributed by atoms with Gasteiger partial charge in [-0.15, -0.1) is 0 Å². The average Bonchev–Trinajstić information content (AvgIpc) is 2.38. The van der Waals surface area contributed by atoms with Crippen LogP contribution >= 0.6 is 0 Å². The Kier molecular flexibility index (Phi) is 7.41. The monoisotopic (exact) mass is 254 g/mol. The van der Waals surface area contributed by atoms with E-state index < -0.39 is 6.10 Å². The van der Waals surface area contributed by atoms with E-state index in [4.69, 9.17) is 14.2 Å². The molecule has 0 aromatic heterocycles. The molecule has 0 amide bonds. The Balaban J connectivity index is 2.12. The summed E-state index contributed by atoms with van der Waals surface area (Å²) in [5.74, 6) is 0.792. The standard InChI is InChI=1S/C14H22O4/c1-12(15)13-4-6-14(7-5-13)18-11-10-17-9-3-8-16-2/h4-7,12,15H,3,8-11H2,1-2H3/t12-/m0/s1. The van der Waals surface area contributed by atoms with Crippen molar-refractivity contribution in [2.24, 2.45) is 0 Å². The van der Waals surface area contributed by atoms with E-state index in [0.29, 0.717) is 19.8 Å². The molecule has 1 aromatic carbocycles.